The van der Waals surface area contributed by atoms with Gasteiger partial charge in [-0.2, -0.15) is 0 Å². The van der Waals surface area contributed by atoms with Gasteiger partial charge in [-0.15, -0.1) is 0 Å². The Morgan fingerprint density at radius 3 is 2.49 bits per heavy atom. The van der Waals surface area contributed by atoms with E-state index in [4.69, 9.17) is 49.6 Å². The summed E-state index contributed by atoms with van der Waals surface area (Å²) in [5, 5.41) is 1.03. The van der Waals surface area contributed by atoms with Crippen LogP contribution < -0.4 is 19.1 Å². The van der Waals surface area contributed by atoms with Gasteiger partial charge in [0.25, 0.3) is 5.91 Å². The molecule has 0 unspecified atom stereocenters. The summed E-state index contributed by atoms with van der Waals surface area (Å²) < 4.78 is 17.6. The predicted octanol–water partition coefficient (Wildman–Crippen LogP) is 7.39. The second kappa shape index (κ2) is 11.4. The molecule has 0 saturated carbocycles. The van der Waals surface area contributed by atoms with Gasteiger partial charge in [0.2, 0.25) is 0 Å². The van der Waals surface area contributed by atoms with E-state index in [-0.39, 0.29) is 5.91 Å². The number of anilines is 1. The second-order valence-electron chi connectivity index (χ2n) is 7.37. The van der Waals surface area contributed by atoms with Crippen molar-refractivity contribution in [2.75, 3.05) is 18.6 Å². The van der Waals surface area contributed by atoms with E-state index in [1.165, 1.54) is 16.7 Å². The first-order chi connectivity index (χ1) is 16.9. The molecule has 4 rings (SSSR count). The molecule has 0 atom stereocenters. The molecule has 1 saturated heterocycles. The number of carbonyl (C=O) groups excluding carboxylic acids is 1. The van der Waals surface area contributed by atoms with Crippen molar-refractivity contribution in [3.05, 3.63) is 86.7 Å². The average Bonchev–Trinajstić information content (AvgIpc) is 3.12. The van der Waals surface area contributed by atoms with E-state index < -0.39 is 0 Å². The zero-order chi connectivity index (χ0) is 24.9. The molecule has 1 aliphatic rings. The van der Waals surface area contributed by atoms with Crippen LogP contribution >= 0.6 is 47.2 Å². The number of thioether (sulfide) groups is 1. The predicted molar refractivity (Wildman–Crippen MR) is 147 cm³/mol. The minimum atomic E-state index is -0.235. The number of amides is 1. The van der Waals surface area contributed by atoms with Crippen LogP contribution in [0, 0.1) is 0 Å². The first kappa shape index (κ1) is 25.4. The number of halogens is 2. The maximum absolute atomic E-state index is 13.2. The maximum Gasteiger partial charge on any atom is 0.270 e. The fraction of sp³-hybridized carbons (Fsp3) is 0.154. The lowest BCUT2D eigenvalue weighted by atomic mass is 10.1. The van der Waals surface area contributed by atoms with E-state index in [0.717, 1.165) is 5.56 Å². The third-order valence-corrected chi connectivity index (χ3v) is 6.88. The molecule has 9 heteroatoms. The molecule has 1 heterocycles. The smallest absolute Gasteiger partial charge is 0.270 e. The molecule has 180 valence electrons. The molecular weight excluding hydrogens is 525 g/mol. The van der Waals surface area contributed by atoms with Crippen LogP contribution in [0.3, 0.4) is 0 Å². The van der Waals surface area contributed by atoms with Crippen molar-refractivity contribution in [2.45, 2.75) is 13.5 Å². The first-order valence-corrected chi connectivity index (χ1v) is 12.6. The zero-order valence-electron chi connectivity index (χ0n) is 18.9. The number of ether oxygens (including phenoxy) is 3. The van der Waals surface area contributed by atoms with Crippen molar-refractivity contribution in [2.24, 2.45) is 0 Å². The van der Waals surface area contributed by atoms with Gasteiger partial charge in [-0.1, -0.05) is 71.4 Å². The van der Waals surface area contributed by atoms with Crippen LogP contribution in [0.25, 0.3) is 6.08 Å². The van der Waals surface area contributed by atoms with Crippen molar-refractivity contribution < 1.29 is 19.0 Å². The van der Waals surface area contributed by atoms with E-state index in [1.807, 2.05) is 31.2 Å². The third kappa shape index (κ3) is 5.76. The quantitative estimate of drug-likeness (QED) is 0.217. The highest BCUT2D eigenvalue weighted by Crippen LogP contribution is 2.42. The van der Waals surface area contributed by atoms with Gasteiger partial charge in [0, 0.05) is 5.02 Å². The maximum atomic E-state index is 13.2. The van der Waals surface area contributed by atoms with Gasteiger partial charge in [-0.3, -0.25) is 9.69 Å². The zero-order valence-corrected chi connectivity index (χ0v) is 22.1. The van der Waals surface area contributed by atoms with Gasteiger partial charge in [0.1, 0.15) is 12.4 Å². The lowest BCUT2D eigenvalue weighted by Gasteiger charge is -2.17. The monoisotopic (exact) mass is 545 g/mol. The largest absolute Gasteiger partial charge is 0.495 e. The summed E-state index contributed by atoms with van der Waals surface area (Å²) >= 11 is 19.2. The van der Waals surface area contributed by atoms with Gasteiger partial charge in [0.05, 0.1) is 29.3 Å². The molecule has 1 aliphatic heterocycles. The van der Waals surface area contributed by atoms with Gasteiger partial charge < -0.3 is 14.2 Å². The molecule has 0 aromatic heterocycles. The Morgan fingerprint density at radius 2 is 1.77 bits per heavy atom. The number of methoxy groups -OCH3 is 1. The van der Waals surface area contributed by atoms with Gasteiger partial charge in [0.15, 0.2) is 15.8 Å². The number of para-hydroxylation sites is 2. The summed E-state index contributed by atoms with van der Waals surface area (Å²) in [4.78, 5) is 15.2. The molecule has 0 bridgehead atoms. The fourth-order valence-electron chi connectivity index (χ4n) is 3.45. The fourth-order valence-corrected chi connectivity index (χ4v) is 5.14. The van der Waals surface area contributed by atoms with Crippen LogP contribution in [0.15, 0.2) is 65.6 Å². The number of thiocarbonyl (C=S) groups is 1. The first-order valence-electron chi connectivity index (χ1n) is 10.7. The van der Waals surface area contributed by atoms with E-state index in [0.29, 0.717) is 61.0 Å². The Labute approximate surface area is 223 Å². The molecule has 3 aromatic rings. The van der Waals surface area contributed by atoms with E-state index >= 15 is 0 Å². The summed E-state index contributed by atoms with van der Waals surface area (Å²) in [5.74, 6) is 1.25. The van der Waals surface area contributed by atoms with Crippen molar-refractivity contribution in [3.63, 3.8) is 0 Å². The van der Waals surface area contributed by atoms with E-state index in [1.54, 1.807) is 49.6 Å². The third-order valence-electron chi connectivity index (χ3n) is 5.05. The number of hydrogen-bond acceptors (Lipinski definition) is 6. The van der Waals surface area contributed by atoms with Crippen LogP contribution in [0.4, 0.5) is 5.69 Å². The lowest BCUT2D eigenvalue weighted by molar-refractivity contribution is -0.113. The molecule has 5 nitrogen and oxygen atoms in total. The Balaban J connectivity index is 1.61. The SMILES string of the molecule is CCOc1cc(C=C2SC(=S)N(c3ccccc3OC)C2=O)cc(Cl)c1OCc1ccc(Cl)cc1. The standard InChI is InChI=1S/C26H21Cl2NO4S2/c1-3-32-22-13-17(12-19(28)24(22)33-15-16-8-10-18(27)11-9-16)14-23-25(30)29(26(34)35-23)20-6-4-5-7-21(20)31-2/h4-14H,3,15H2,1-2H3. The number of nitrogens with zero attached hydrogens (tertiary/aromatic N) is 1. The number of benzene rings is 3. The highest BCUT2D eigenvalue weighted by atomic mass is 35.5. The lowest BCUT2D eigenvalue weighted by Crippen LogP contribution is -2.27. The van der Waals surface area contributed by atoms with Crippen molar-refractivity contribution in [1.82, 2.24) is 0 Å². The summed E-state index contributed by atoms with van der Waals surface area (Å²) in [7, 11) is 1.56. The van der Waals surface area contributed by atoms with Gasteiger partial charge in [-0.25, -0.2) is 0 Å². The number of rotatable bonds is 8. The van der Waals surface area contributed by atoms with E-state index in [2.05, 4.69) is 0 Å². The van der Waals surface area contributed by atoms with Crippen LogP contribution in [-0.2, 0) is 11.4 Å². The molecule has 1 fully saturated rings. The molecule has 35 heavy (non-hydrogen) atoms. The minimum Gasteiger partial charge on any atom is -0.495 e. The minimum absolute atomic E-state index is 0.235. The molecule has 3 aromatic carbocycles. The number of hydrogen-bond donors (Lipinski definition) is 0. The van der Waals surface area contributed by atoms with Gasteiger partial charge >= 0.3 is 0 Å². The Bertz CT molecular complexity index is 1300. The van der Waals surface area contributed by atoms with Crippen LogP contribution in [-0.4, -0.2) is 23.9 Å². The topological polar surface area (TPSA) is 48.0 Å². The van der Waals surface area contributed by atoms with Crippen LogP contribution in [0.2, 0.25) is 10.0 Å². The summed E-state index contributed by atoms with van der Waals surface area (Å²) in [5.41, 5.74) is 2.23. The Morgan fingerprint density at radius 1 is 1.03 bits per heavy atom. The highest BCUT2D eigenvalue weighted by Gasteiger charge is 2.35. The van der Waals surface area contributed by atoms with Crippen molar-refractivity contribution in [3.8, 4) is 17.2 Å². The summed E-state index contributed by atoms with van der Waals surface area (Å²) in [6, 6.07) is 18.1. The highest BCUT2D eigenvalue weighted by molar-refractivity contribution is 8.27. The van der Waals surface area contributed by atoms with Gasteiger partial charge in [-0.05, 0) is 60.5 Å². The molecule has 0 aliphatic carbocycles. The Hall–Kier alpha value is -2.71. The van der Waals surface area contributed by atoms with Crippen molar-refractivity contribution in [1.29, 1.82) is 0 Å². The summed E-state index contributed by atoms with van der Waals surface area (Å²) in [6.45, 7) is 2.60. The molecule has 0 radical (unpaired) electrons. The molecule has 0 N–H and O–H groups in total. The molecule has 0 spiro atoms. The molecular formula is C26H21Cl2NO4S2. The van der Waals surface area contributed by atoms with Crippen LogP contribution in [0.5, 0.6) is 17.2 Å². The number of carbonyl (C=O) groups is 1. The average molecular weight is 546 g/mol. The summed E-state index contributed by atoms with van der Waals surface area (Å²) in [6.07, 6.45) is 1.74. The second-order valence-corrected chi connectivity index (χ2v) is 9.89. The molecule has 1 amide bonds. The van der Waals surface area contributed by atoms with Crippen molar-refractivity contribution >= 4 is 69.2 Å². The Kier molecular flexibility index (Phi) is 8.23. The van der Waals surface area contributed by atoms with Crippen LogP contribution in [0.1, 0.15) is 18.1 Å². The normalized spacial score (nSPS) is 14.5. The van der Waals surface area contributed by atoms with E-state index in [9.17, 15) is 4.79 Å².